The summed E-state index contributed by atoms with van der Waals surface area (Å²) < 4.78 is 5.49. The van der Waals surface area contributed by atoms with Gasteiger partial charge in [0.05, 0.1) is 25.4 Å². The monoisotopic (exact) mass is 984 g/mol. The highest BCUT2D eigenvalue weighted by molar-refractivity contribution is 5.76. The summed E-state index contributed by atoms with van der Waals surface area (Å²) in [6, 6.07) is -0.638. The van der Waals surface area contributed by atoms with Gasteiger partial charge in [-0.15, -0.1) is 0 Å². The quantitative estimate of drug-likeness (QED) is 0.0321. The van der Waals surface area contributed by atoms with Crippen LogP contribution in [0.25, 0.3) is 0 Å². The third kappa shape index (κ3) is 55.4. The van der Waals surface area contributed by atoms with Gasteiger partial charge in [0.2, 0.25) is 5.91 Å². The van der Waals surface area contributed by atoms with Gasteiger partial charge in [-0.2, -0.15) is 0 Å². The summed E-state index contributed by atoms with van der Waals surface area (Å²) in [5.41, 5.74) is 0. The van der Waals surface area contributed by atoms with Gasteiger partial charge in [0.25, 0.3) is 0 Å². The Balaban J connectivity index is 3.46. The molecule has 0 aromatic heterocycles. The molecule has 0 aromatic rings. The van der Waals surface area contributed by atoms with Gasteiger partial charge in [-0.1, -0.05) is 275 Å². The Morgan fingerprint density at radius 1 is 0.386 bits per heavy atom. The van der Waals surface area contributed by atoms with Crippen molar-refractivity contribution in [2.75, 3.05) is 13.2 Å². The molecule has 0 saturated heterocycles. The predicted octanol–water partition coefficient (Wildman–Crippen LogP) is 19.6. The van der Waals surface area contributed by atoms with Crippen LogP contribution in [0.3, 0.4) is 0 Å². The molecular formula is C64H121NO5. The van der Waals surface area contributed by atoms with Gasteiger partial charge in [0.1, 0.15) is 0 Å². The Morgan fingerprint density at radius 2 is 0.671 bits per heavy atom. The van der Waals surface area contributed by atoms with E-state index in [2.05, 4.69) is 43.5 Å². The van der Waals surface area contributed by atoms with Crippen molar-refractivity contribution in [2.24, 2.45) is 0 Å². The van der Waals surface area contributed by atoms with Crippen molar-refractivity contribution in [2.45, 2.75) is 347 Å². The van der Waals surface area contributed by atoms with E-state index in [-0.39, 0.29) is 18.5 Å². The van der Waals surface area contributed by atoms with Crippen molar-refractivity contribution in [1.82, 2.24) is 5.32 Å². The molecule has 70 heavy (non-hydrogen) atoms. The number of hydrogen-bond donors (Lipinski definition) is 3. The summed E-state index contributed by atoms with van der Waals surface area (Å²) in [5.74, 6) is -0.0814. The number of amides is 1. The third-order valence-electron chi connectivity index (χ3n) is 14.4. The normalized spacial score (nSPS) is 12.8. The molecule has 0 rings (SSSR count). The molecule has 2 atom stereocenters. The minimum atomic E-state index is -0.853. The maximum absolute atomic E-state index is 12.5. The zero-order valence-corrected chi connectivity index (χ0v) is 47.0. The summed E-state index contributed by atoms with van der Waals surface area (Å²) in [6.45, 7) is 4.90. The molecule has 0 radical (unpaired) electrons. The average molecular weight is 985 g/mol. The fourth-order valence-corrected chi connectivity index (χ4v) is 9.57. The van der Waals surface area contributed by atoms with Gasteiger partial charge >= 0.3 is 5.97 Å². The molecule has 1 amide bonds. The Bertz CT molecular complexity index is 1130. The number of aliphatic hydroxyl groups excluding tert-OH is 2. The topological polar surface area (TPSA) is 95.9 Å². The minimum Gasteiger partial charge on any atom is -0.466 e. The van der Waals surface area contributed by atoms with Crippen molar-refractivity contribution in [3.05, 3.63) is 36.5 Å². The van der Waals surface area contributed by atoms with E-state index >= 15 is 0 Å². The molecule has 6 heteroatoms. The Labute approximate surface area is 436 Å². The lowest BCUT2D eigenvalue weighted by molar-refractivity contribution is -0.143. The Hall–Kier alpha value is -1.92. The smallest absolute Gasteiger partial charge is 0.305 e. The zero-order chi connectivity index (χ0) is 50.7. The van der Waals surface area contributed by atoms with E-state index in [4.69, 9.17) is 4.74 Å². The number of allylic oxidation sites excluding steroid dienone is 5. The molecule has 0 aliphatic heterocycles. The van der Waals surface area contributed by atoms with Gasteiger partial charge in [-0.25, -0.2) is 0 Å². The van der Waals surface area contributed by atoms with E-state index in [9.17, 15) is 19.8 Å². The Morgan fingerprint density at radius 3 is 1.01 bits per heavy atom. The number of carbonyl (C=O) groups excluding carboxylic acids is 2. The van der Waals surface area contributed by atoms with Gasteiger partial charge in [0.15, 0.2) is 0 Å². The van der Waals surface area contributed by atoms with Crippen molar-refractivity contribution in [3.63, 3.8) is 0 Å². The second-order valence-corrected chi connectivity index (χ2v) is 21.4. The molecular weight excluding hydrogens is 863 g/mol. The van der Waals surface area contributed by atoms with Gasteiger partial charge in [-0.3, -0.25) is 9.59 Å². The van der Waals surface area contributed by atoms with Crippen molar-refractivity contribution >= 4 is 11.9 Å². The molecule has 0 bridgehead atoms. The molecule has 2 unspecified atom stereocenters. The van der Waals surface area contributed by atoms with Gasteiger partial charge in [0, 0.05) is 12.8 Å². The number of carbonyl (C=O) groups is 2. The molecule has 0 fully saturated rings. The Kier molecular flexibility index (Phi) is 58.0. The van der Waals surface area contributed by atoms with Crippen LogP contribution < -0.4 is 5.32 Å². The average Bonchev–Trinajstić information content (AvgIpc) is 3.36. The number of rotatable bonds is 58. The van der Waals surface area contributed by atoms with Crippen LogP contribution in [0.4, 0.5) is 0 Å². The first-order chi connectivity index (χ1) is 34.5. The third-order valence-corrected chi connectivity index (χ3v) is 14.4. The molecule has 0 aliphatic rings. The molecule has 0 saturated carbocycles. The van der Waals surface area contributed by atoms with Crippen LogP contribution in [0.15, 0.2) is 36.5 Å². The predicted molar refractivity (Wildman–Crippen MR) is 306 cm³/mol. The van der Waals surface area contributed by atoms with E-state index in [1.54, 1.807) is 6.08 Å². The largest absolute Gasteiger partial charge is 0.466 e. The maximum Gasteiger partial charge on any atom is 0.305 e. The molecule has 0 heterocycles. The van der Waals surface area contributed by atoms with Crippen molar-refractivity contribution in [1.29, 1.82) is 0 Å². The second kappa shape index (κ2) is 59.6. The fourth-order valence-electron chi connectivity index (χ4n) is 9.57. The van der Waals surface area contributed by atoms with Crippen LogP contribution in [-0.4, -0.2) is 47.4 Å². The first-order valence-electron chi connectivity index (χ1n) is 31.3. The SMILES string of the molecule is CCCCCCCC/C=C\CCCCCCCCCCCC(=O)OCCCCCCCC/C=C\CCCCCCCCCC(=O)NC(CO)C(O)/C=C/CCCCCCCCCCCCCCCCC. The number of aliphatic hydroxyl groups is 2. The lowest BCUT2D eigenvalue weighted by atomic mass is 10.0. The summed E-state index contributed by atoms with van der Waals surface area (Å²) in [7, 11) is 0. The molecule has 3 N–H and O–H groups in total. The number of unbranched alkanes of at least 4 members (excludes halogenated alkanes) is 43. The number of ether oxygens (including phenoxy) is 1. The van der Waals surface area contributed by atoms with E-state index < -0.39 is 12.1 Å². The van der Waals surface area contributed by atoms with E-state index in [0.29, 0.717) is 19.4 Å². The summed E-state index contributed by atoms with van der Waals surface area (Å²) >= 11 is 0. The van der Waals surface area contributed by atoms with Crippen LogP contribution in [-0.2, 0) is 14.3 Å². The van der Waals surface area contributed by atoms with Crippen LogP contribution in [0.2, 0.25) is 0 Å². The number of esters is 1. The second-order valence-electron chi connectivity index (χ2n) is 21.4. The molecule has 0 aliphatic carbocycles. The van der Waals surface area contributed by atoms with Crippen LogP contribution in [0.5, 0.6) is 0 Å². The summed E-state index contributed by atoms with van der Waals surface area (Å²) in [6.07, 6.45) is 74.6. The first-order valence-corrected chi connectivity index (χ1v) is 31.3. The van der Waals surface area contributed by atoms with Crippen LogP contribution in [0, 0.1) is 0 Å². The highest BCUT2D eigenvalue weighted by Gasteiger charge is 2.18. The first kappa shape index (κ1) is 68.1. The van der Waals surface area contributed by atoms with Crippen molar-refractivity contribution in [3.8, 4) is 0 Å². The van der Waals surface area contributed by atoms with E-state index in [0.717, 1.165) is 57.8 Å². The number of nitrogens with one attached hydrogen (secondary N) is 1. The molecule has 0 aromatic carbocycles. The van der Waals surface area contributed by atoms with E-state index in [1.807, 2.05) is 6.08 Å². The summed E-state index contributed by atoms with van der Waals surface area (Å²) in [5, 5.41) is 23.1. The van der Waals surface area contributed by atoms with Crippen LogP contribution in [0.1, 0.15) is 335 Å². The highest BCUT2D eigenvalue weighted by Crippen LogP contribution is 2.17. The minimum absolute atomic E-state index is 0.00299. The molecule has 0 spiro atoms. The zero-order valence-electron chi connectivity index (χ0n) is 47.0. The molecule has 6 nitrogen and oxygen atoms in total. The van der Waals surface area contributed by atoms with Gasteiger partial charge in [-0.05, 0) is 83.5 Å². The molecule has 412 valence electrons. The van der Waals surface area contributed by atoms with Crippen molar-refractivity contribution < 1.29 is 24.5 Å². The standard InChI is InChI=1S/C64H121NO5/c1-3-5-7-9-11-13-15-17-19-21-22-26-30-34-38-42-46-50-54-58-64(69)70-59-55-51-47-43-39-35-31-27-23-25-29-33-37-41-45-49-53-57-63(68)65-61(60-66)62(67)56-52-48-44-40-36-32-28-24-20-18-16-14-12-10-8-6-4-2/h17,19,23,27,52,56,61-62,66-67H,3-16,18,20-22,24-26,28-51,53-55,57-60H2,1-2H3,(H,65,68)/b19-17-,27-23-,56-52+. The highest BCUT2D eigenvalue weighted by atomic mass is 16.5. The summed E-state index contributed by atoms with van der Waals surface area (Å²) in [4.78, 5) is 24.6. The number of hydrogen-bond acceptors (Lipinski definition) is 5. The lowest BCUT2D eigenvalue weighted by Crippen LogP contribution is -2.45. The van der Waals surface area contributed by atoms with E-state index in [1.165, 1.54) is 250 Å². The van der Waals surface area contributed by atoms with Gasteiger partial charge < -0.3 is 20.3 Å². The fraction of sp³-hybridized carbons (Fsp3) is 0.875. The lowest BCUT2D eigenvalue weighted by Gasteiger charge is -2.20. The maximum atomic E-state index is 12.5. The van der Waals surface area contributed by atoms with Crippen LogP contribution >= 0.6 is 0 Å².